The standard InChI is InChI=1S/C18H23ClN4O2S/c1-12-15(11-21-18(20)22-12)13-8-9-16(19)17(10-13)26(24,25)23-14-6-4-2-3-5-7-14/h8-11,14,23H,2-7H2,1H3,(H2,20,21,22). The molecule has 0 amide bonds. The van der Waals surface area contributed by atoms with Crippen LogP contribution in [0.15, 0.2) is 29.3 Å². The first-order chi connectivity index (χ1) is 12.4. The monoisotopic (exact) mass is 394 g/mol. The summed E-state index contributed by atoms with van der Waals surface area (Å²) in [5.74, 6) is 0.183. The number of benzene rings is 1. The maximum atomic E-state index is 12.9. The fraction of sp³-hybridized carbons (Fsp3) is 0.444. The number of rotatable bonds is 4. The van der Waals surface area contributed by atoms with Crippen molar-refractivity contribution in [2.45, 2.75) is 56.4 Å². The van der Waals surface area contributed by atoms with Gasteiger partial charge in [0.1, 0.15) is 4.90 Å². The molecule has 1 heterocycles. The molecular formula is C18H23ClN4O2S. The van der Waals surface area contributed by atoms with E-state index in [2.05, 4.69) is 14.7 Å². The number of hydrogen-bond donors (Lipinski definition) is 2. The Balaban J connectivity index is 1.93. The Morgan fingerprint density at radius 2 is 1.88 bits per heavy atom. The highest BCUT2D eigenvalue weighted by Crippen LogP contribution is 2.30. The predicted octanol–water partition coefficient (Wildman–Crippen LogP) is 3.69. The van der Waals surface area contributed by atoms with E-state index in [1.54, 1.807) is 31.3 Å². The van der Waals surface area contributed by atoms with Crippen LogP contribution in [0.5, 0.6) is 0 Å². The fourth-order valence-electron chi connectivity index (χ4n) is 3.33. The van der Waals surface area contributed by atoms with Crippen LogP contribution in [0.1, 0.15) is 44.2 Å². The van der Waals surface area contributed by atoms with Crippen LogP contribution in [0.3, 0.4) is 0 Å². The van der Waals surface area contributed by atoms with Gasteiger partial charge in [0.15, 0.2) is 0 Å². The molecule has 1 saturated carbocycles. The Bertz CT molecular complexity index is 894. The summed E-state index contributed by atoms with van der Waals surface area (Å²) < 4.78 is 28.6. The quantitative estimate of drug-likeness (QED) is 0.770. The van der Waals surface area contributed by atoms with Crippen LogP contribution < -0.4 is 10.5 Å². The summed E-state index contributed by atoms with van der Waals surface area (Å²) in [6, 6.07) is 4.88. The van der Waals surface area contributed by atoms with Gasteiger partial charge in [-0.25, -0.2) is 23.1 Å². The van der Waals surface area contributed by atoms with Crippen LogP contribution in [0.4, 0.5) is 5.95 Å². The van der Waals surface area contributed by atoms with Gasteiger partial charge < -0.3 is 5.73 Å². The van der Waals surface area contributed by atoms with E-state index < -0.39 is 10.0 Å². The van der Waals surface area contributed by atoms with E-state index in [1.165, 1.54) is 0 Å². The number of anilines is 1. The summed E-state index contributed by atoms with van der Waals surface area (Å²) in [7, 11) is -3.71. The van der Waals surface area contributed by atoms with Gasteiger partial charge in [-0.15, -0.1) is 0 Å². The number of hydrogen-bond acceptors (Lipinski definition) is 5. The summed E-state index contributed by atoms with van der Waals surface area (Å²) in [5, 5.41) is 0.198. The molecule has 0 spiro atoms. The molecule has 0 bridgehead atoms. The Kier molecular flexibility index (Phi) is 5.79. The number of halogens is 1. The van der Waals surface area contributed by atoms with Crippen molar-refractivity contribution in [2.75, 3.05) is 5.73 Å². The zero-order valence-corrected chi connectivity index (χ0v) is 16.3. The van der Waals surface area contributed by atoms with Crippen molar-refractivity contribution in [3.63, 3.8) is 0 Å². The minimum atomic E-state index is -3.71. The van der Waals surface area contributed by atoms with Gasteiger partial charge in [-0.3, -0.25) is 0 Å². The fourth-order valence-corrected chi connectivity index (χ4v) is 5.16. The van der Waals surface area contributed by atoms with Crippen LogP contribution in [0, 0.1) is 6.92 Å². The summed E-state index contributed by atoms with van der Waals surface area (Å²) in [6.45, 7) is 1.81. The van der Waals surface area contributed by atoms with Crippen molar-refractivity contribution in [1.29, 1.82) is 0 Å². The molecule has 8 heteroatoms. The lowest BCUT2D eigenvalue weighted by atomic mass is 10.1. The molecule has 1 fully saturated rings. The number of nitrogens with one attached hydrogen (secondary N) is 1. The zero-order valence-electron chi connectivity index (χ0n) is 14.7. The number of nitrogens with zero attached hydrogens (tertiary/aromatic N) is 2. The topological polar surface area (TPSA) is 98.0 Å². The number of nitrogens with two attached hydrogens (primary N) is 1. The average molecular weight is 395 g/mol. The Hall–Kier alpha value is -1.70. The summed E-state index contributed by atoms with van der Waals surface area (Å²) in [5.41, 5.74) is 7.69. The SMILES string of the molecule is Cc1nc(N)ncc1-c1ccc(Cl)c(S(=O)(=O)NC2CCCCCC2)c1. The smallest absolute Gasteiger partial charge is 0.242 e. The number of aromatic nitrogens is 2. The van der Waals surface area contributed by atoms with Gasteiger partial charge in [0, 0.05) is 17.8 Å². The zero-order chi connectivity index (χ0) is 18.7. The van der Waals surface area contributed by atoms with Crippen LogP contribution >= 0.6 is 11.6 Å². The van der Waals surface area contributed by atoms with E-state index in [9.17, 15) is 8.42 Å². The van der Waals surface area contributed by atoms with E-state index >= 15 is 0 Å². The molecule has 3 N–H and O–H groups in total. The molecule has 0 radical (unpaired) electrons. The van der Waals surface area contributed by atoms with E-state index in [0.29, 0.717) is 11.3 Å². The van der Waals surface area contributed by atoms with Gasteiger partial charge in [-0.1, -0.05) is 43.4 Å². The molecule has 0 saturated heterocycles. The minimum Gasteiger partial charge on any atom is -0.368 e. The summed E-state index contributed by atoms with van der Waals surface area (Å²) >= 11 is 6.21. The molecule has 2 aromatic rings. The predicted molar refractivity (Wildman–Crippen MR) is 103 cm³/mol. The highest BCUT2D eigenvalue weighted by Gasteiger charge is 2.24. The second-order valence-electron chi connectivity index (χ2n) is 6.68. The van der Waals surface area contributed by atoms with Crippen molar-refractivity contribution in [1.82, 2.24) is 14.7 Å². The molecule has 3 rings (SSSR count). The summed E-state index contributed by atoms with van der Waals surface area (Å²) in [6.07, 6.45) is 7.72. The molecule has 0 aliphatic heterocycles. The number of aryl methyl sites for hydroxylation is 1. The highest BCUT2D eigenvalue weighted by atomic mass is 35.5. The van der Waals surface area contributed by atoms with Gasteiger partial charge in [0.2, 0.25) is 16.0 Å². The van der Waals surface area contributed by atoms with Gasteiger partial charge in [-0.05, 0) is 37.5 Å². The third kappa shape index (κ3) is 4.34. The van der Waals surface area contributed by atoms with Crippen LogP contribution in [0.2, 0.25) is 5.02 Å². The van der Waals surface area contributed by atoms with Gasteiger partial charge in [0.05, 0.1) is 10.7 Å². The van der Waals surface area contributed by atoms with Crippen molar-refractivity contribution >= 4 is 27.6 Å². The maximum Gasteiger partial charge on any atom is 0.242 e. The molecule has 0 atom stereocenters. The van der Waals surface area contributed by atoms with E-state index in [1.807, 2.05) is 0 Å². The third-order valence-electron chi connectivity index (χ3n) is 4.71. The van der Waals surface area contributed by atoms with E-state index in [4.69, 9.17) is 17.3 Å². The van der Waals surface area contributed by atoms with Crippen LogP contribution in [0.25, 0.3) is 11.1 Å². The molecular weight excluding hydrogens is 372 g/mol. The Morgan fingerprint density at radius 3 is 2.54 bits per heavy atom. The first-order valence-corrected chi connectivity index (χ1v) is 10.6. The first kappa shape index (κ1) is 19.1. The molecule has 1 aromatic heterocycles. The van der Waals surface area contributed by atoms with Gasteiger partial charge in [0.25, 0.3) is 0 Å². The maximum absolute atomic E-state index is 12.9. The lowest BCUT2D eigenvalue weighted by Gasteiger charge is -2.17. The number of sulfonamides is 1. The van der Waals surface area contributed by atoms with Crippen molar-refractivity contribution in [3.05, 3.63) is 35.1 Å². The molecule has 26 heavy (non-hydrogen) atoms. The lowest BCUT2D eigenvalue weighted by Crippen LogP contribution is -2.34. The average Bonchev–Trinajstić information content (AvgIpc) is 2.83. The second kappa shape index (κ2) is 7.90. The minimum absolute atomic E-state index is 0.0381. The lowest BCUT2D eigenvalue weighted by molar-refractivity contribution is 0.510. The van der Waals surface area contributed by atoms with Crippen molar-refractivity contribution in [3.8, 4) is 11.1 Å². The van der Waals surface area contributed by atoms with Gasteiger partial charge in [-0.2, -0.15) is 0 Å². The van der Waals surface area contributed by atoms with Crippen molar-refractivity contribution < 1.29 is 8.42 Å². The third-order valence-corrected chi connectivity index (χ3v) is 6.71. The van der Waals surface area contributed by atoms with Gasteiger partial charge >= 0.3 is 0 Å². The summed E-state index contributed by atoms with van der Waals surface area (Å²) in [4.78, 5) is 8.22. The Morgan fingerprint density at radius 1 is 1.19 bits per heavy atom. The normalized spacial score (nSPS) is 16.4. The first-order valence-electron chi connectivity index (χ1n) is 8.78. The van der Waals surface area contributed by atoms with Crippen molar-refractivity contribution in [2.24, 2.45) is 0 Å². The van der Waals surface area contributed by atoms with Crippen LogP contribution in [-0.2, 0) is 10.0 Å². The molecule has 6 nitrogen and oxygen atoms in total. The molecule has 1 aromatic carbocycles. The van der Waals surface area contributed by atoms with E-state index in [0.717, 1.165) is 44.1 Å². The number of nitrogen functional groups attached to an aromatic ring is 1. The second-order valence-corrected chi connectivity index (χ2v) is 8.77. The molecule has 0 unspecified atom stereocenters. The van der Waals surface area contributed by atoms with Crippen LogP contribution in [-0.4, -0.2) is 24.4 Å². The molecule has 1 aliphatic rings. The van der Waals surface area contributed by atoms with E-state index in [-0.39, 0.29) is 21.9 Å². The molecule has 140 valence electrons. The highest BCUT2D eigenvalue weighted by molar-refractivity contribution is 7.89. The largest absolute Gasteiger partial charge is 0.368 e. The Labute approximate surface area is 159 Å². The molecule has 1 aliphatic carbocycles.